The maximum Gasteiger partial charge on any atom is 0.227 e. The zero-order valence-electron chi connectivity index (χ0n) is 19.3. The molecule has 0 spiro atoms. The molecule has 1 N–H and O–H groups in total. The number of nitriles is 1. The molecule has 0 aromatic heterocycles. The molecule has 0 aliphatic carbocycles. The summed E-state index contributed by atoms with van der Waals surface area (Å²) in [6, 6.07) is 25.6. The highest BCUT2D eigenvalue weighted by atomic mass is 32.2. The lowest BCUT2D eigenvalue weighted by Gasteiger charge is -2.30. The van der Waals surface area contributed by atoms with Gasteiger partial charge in [-0.15, -0.1) is 0 Å². The van der Waals surface area contributed by atoms with Gasteiger partial charge in [0.05, 0.1) is 17.4 Å². The Morgan fingerprint density at radius 3 is 2.43 bits per heavy atom. The van der Waals surface area contributed by atoms with Crippen LogP contribution in [0.2, 0.25) is 0 Å². The molecular weight excluding hydrogens is 462 g/mol. The van der Waals surface area contributed by atoms with Crippen LogP contribution < -0.4 is 10.1 Å². The van der Waals surface area contributed by atoms with Crippen molar-refractivity contribution in [1.82, 2.24) is 4.31 Å². The highest BCUT2D eigenvalue weighted by molar-refractivity contribution is 7.88. The molecule has 1 saturated heterocycles. The molecule has 0 unspecified atom stereocenters. The molecule has 1 fully saturated rings. The number of carbonyl (C=O) groups excluding carboxylic acids is 1. The molecule has 1 amide bonds. The van der Waals surface area contributed by atoms with Crippen molar-refractivity contribution in [1.29, 1.82) is 5.26 Å². The number of piperidine rings is 1. The molecule has 0 radical (unpaired) electrons. The van der Waals surface area contributed by atoms with Gasteiger partial charge in [-0.3, -0.25) is 4.79 Å². The first-order valence-electron chi connectivity index (χ1n) is 11.5. The van der Waals surface area contributed by atoms with Gasteiger partial charge in [-0.2, -0.15) is 5.26 Å². The smallest absolute Gasteiger partial charge is 0.227 e. The summed E-state index contributed by atoms with van der Waals surface area (Å²) in [5, 5.41) is 12.0. The fourth-order valence-electron chi connectivity index (χ4n) is 4.08. The van der Waals surface area contributed by atoms with E-state index in [9.17, 15) is 13.2 Å². The Labute approximate surface area is 206 Å². The van der Waals surface area contributed by atoms with Crippen LogP contribution in [0.4, 0.5) is 5.69 Å². The van der Waals surface area contributed by atoms with Gasteiger partial charge in [0.25, 0.3) is 0 Å². The second kappa shape index (κ2) is 11.2. The van der Waals surface area contributed by atoms with Crippen molar-refractivity contribution in [3.8, 4) is 11.8 Å². The highest BCUT2D eigenvalue weighted by Gasteiger charge is 2.31. The Morgan fingerprint density at radius 1 is 0.971 bits per heavy atom. The van der Waals surface area contributed by atoms with E-state index in [-0.39, 0.29) is 17.6 Å². The number of anilines is 1. The predicted molar refractivity (Wildman–Crippen MR) is 134 cm³/mol. The molecule has 7 nitrogen and oxygen atoms in total. The van der Waals surface area contributed by atoms with E-state index < -0.39 is 10.0 Å². The third kappa shape index (κ3) is 6.69. The van der Waals surface area contributed by atoms with Crippen LogP contribution in [-0.4, -0.2) is 31.7 Å². The van der Waals surface area contributed by atoms with E-state index in [1.165, 1.54) is 4.31 Å². The highest BCUT2D eigenvalue weighted by Crippen LogP contribution is 2.24. The zero-order chi connectivity index (χ0) is 24.7. The normalized spacial score (nSPS) is 14.7. The van der Waals surface area contributed by atoms with E-state index in [1.54, 1.807) is 48.5 Å². The molecule has 0 saturated carbocycles. The predicted octanol–water partition coefficient (Wildman–Crippen LogP) is 4.32. The second-order valence-electron chi connectivity index (χ2n) is 8.53. The van der Waals surface area contributed by atoms with Crippen molar-refractivity contribution in [2.75, 3.05) is 18.4 Å². The quantitative estimate of drug-likeness (QED) is 0.508. The minimum atomic E-state index is -3.42. The Bertz CT molecular complexity index is 1310. The van der Waals surface area contributed by atoms with Crippen LogP contribution in [-0.2, 0) is 27.2 Å². The monoisotopic (exact) mass is 489 g/mol. The third-order valence-corrected chi connectivity index (χ3v) is 7.82. The standard InChI is InChI=1S/C27H27N3O4S/c28-18-22-8-4-9-23(16-22)19-34-26-11-5-10-25(17-26)29-27(31)24-12-14-30(15-13-24)35(32,33)20-21-6-2-1-3-7-21/h1-11,16-17,24H,12-15,19-20H2,(H,29,31). The summed E-state index contributed by atoms with van der Waals surface area (Å²) in [5.74, 6) is 0.200. The van der Waals surface area contributed by atoms with Crippen LogP contribution in [0, 0.1) is 17.2 Å². The van der Waals surface area contributed by atoms with Crippen molar-refractivity contribution in [2.24, 2.45) is 5.92 Å². The average Bonchev–Trinajstić information content (AvgIpc) is 2.88. The minimum Gasteiger partial charge on any atom is -0.489 e. The summed E-state index contributed by atoms with van der Waals surface area (Å²) < 4.78 is 32.8. The summed E-state index contributed by atoms with van der Waals surface area (Å²) >= 11 is 0. The van der Waals surface area contributed by atoms with Gasteiger partial charge in [-0.25, -0.2) is 12.7 Å². The number of nitrogens with one attached hydrogen (secondary N) is 1. The van der Waals surface area contributed by atoms with Crippen molar-refractivity contribution < 1.29 is 17.9 Å². The first kappa shape index (κ1) is 24.5. The zero-order valence-corrected chi connectivity index (χ0v) is 20.1. The van der Waals surface area contributed by atoms with Gasteiger partial charge >= 0.3 is 0 Å². The molecule has 35 heavy (non-hydrogen) atoms. The van der Waals surface area contributed by atoms with E-state index in [0.717, 1.165) is 11.1 Å². The van der Waals surface area contributed by atoms with Crippen LogP contribution in [0.15, 0.2) is 78.9 Å². The summed E-state index contributed by atoms with van der Waals surface area (Å²) in [6.07, 6.45) is 0.955. The molecule has 180 valence electrons. The lowest BCUT2D eigenvalue weighted by atomic mass is 9.97. The van der Waals surface area contributed by atoms with Gasteiger partial charge in [-0.05, 0) is 48.2 Å². The summed E-state index contributed by atoms with van der Waals surface area (Å²) in [6.45, 7) is 0.971. The van der Waals surface area contributed by atoms with Gasteiger partial charge in [0.15, 0.2) is 0 Å². The Balaban J connectivity index is 1.29. The largest absolute Gasteiger partial charge is 0.489 e. The first-order valence-corrected chi connectivity index (χ1v) is 13.1. The molecule has 8 heteroatoms. The Morgan fingerprint density at radius 2 is 1.69 bits per heavy atom. The van der Waals surface area contributed by atoms with E-state index in [1.807, 2.05) is 30.3 Å². The second-order valence-corrected chi connectivity index (χ2v) is 10.5. The van der Waals surface area contributed by atoms with Gasteiger partial charge in [-0.1, -0.05) is 48.5 Å². The van der Waals surface area contributed by atoms with E-state index in [4.69, 9.17) is 10.00 Å². The van der Waals surface area contributed by atoms with Crippen LogP contribution in [0.25, 0.3) is 0 Å². The number of hydrogen-bond acceptors (Lipinski definition) is 5. The Hall–Kier alpha value is -3.67. The molecule has 4 rings (SSSR count). The first-order chi connectivity index (χ1) is 16.9. The number of ether oxygens (including phenoxy) is 1. The summed E-state index contributed by atoms with van der Waals surface area (Å²) in [7, 11) is -3.42. The number of rotatable bonds is 8. The average molecular weight is 490 g/mol. The number of benzene rings is 3. The summed E-state index contributed by atoms with van der Waals surface area (Å²) in [5.41, 5.74) is 2.84. The van der Waals surface area contributed by atoms with Gasteiger partial charge in [0.1, 0.15) is 12.4 Å². The number of nitrogens with zero attached hydrogens (tertiary/aromatic N) is 2. The van der Waals surface area contributed by atoms with Gasteiger partial charge < -0.3 is 10.1 Å². The molecule has 0 bridgehead atoms. The van der Waals surface area contributed by atoms with Crippen molar-refractivity contribution in [3.05, 3.63) is 95.6 Å². The maximum atomic E-state index is 12.8. The molecular formula is C27H27N3O4S. The molecule has 0 atom stereocenters. The fraction of sp³-hybridized carbons (Fsp3) is 0.259. The number of carbonyl (C=O) groups is 1. The van der Waals surface area contributed by atoms with Crippen molar-refractivity contribution in [3.63, 3.8) is 0 Å². The Kier molecular flexibility index (Phi) is 7.80. The summed E-state index contributed by atoms with van der Waals surface area (Å²) in [4.78, 5) is 12.8. The van der Waals surface area contributed by atoms with Crippen LogP contribution in [0.5, 0.6) is 5.75 Å². The molecule has 1 aliphatic rings. The minimum absolute atomic E-state index is 0.0295. The van der Waals surface area contributed by atoms with Gasteiger partial charge in [0, 0.05) is 30.8 Å². The van der Waals surface area contributed by atoms with Crippen molar-refractivity contribution >= 4 is 21.6 Å². The topological polar surface area (TPSA) is 99.5 Å². The van der Waals surface area contributed by atoms with Crippen LogP contribution in [0.1, 0.15) is 29.5 Å². The lowest BCUT2D eigenvalue weighted by Crippen LogP contribution is -2.41. The SMILES string of the molecule is N#Cc1cccc(COc2cccc(NC(=O)C3CCN(S(=O)(=O)Cc4ccccc4)CC3)c2)c1. The molecule has 3 aromatic carbocycles. The maximum absolute atomic E-state index is 12.8. The van der Waals surface area contributed by atoms with Crippen LogP contribution >= 0.6 is 0 Å². The molecule has 1 heterocycles. The fourth-order valence-corrected chi connectivity index (χ4v) is 5.64. The van der Waals surface area contributed by atoms with Crippen molar-refractivity contribution in [2.45, 2.75) is 25.2 Å². The lowest BCUT2D eigenvalue weighted by molar-refractivity contribution is -0.120. The number of sulfonamides is 1. The molecule has 3 aromatic rings. The van der Waals surface area contributed by atoms with E-state index in [0.29, 0.717) is 49.5 Å². The molecule has 1 aliphatic heterocycles. The van der Waals surface area contributed by atoms with E-state index >= 15 is 0 Å². The third-order valence-electron chi connectivity index (χ3n) is 5.97. The number of hydrogen-bond donors (Lipinski definition) is 1. The van der Waals surface area contributed by atoms with Gasteiger partial charge in [0.2, 0.25) is 15.9 Å². The van der Waals surface area contributed by atoms with Crippen LogP contribution in [0.3, 0.4) is 0 Å². The number of amides is 1. The van der Waals surface area contributed by atoms with E-state index in [2.05, 4.69) is 11.4 Å².